The maximum Gasteiger partial charge on any atom is 0.212 e. The van der Waals surface area contributed by atoms with E-state index in [1.165, 1.54) is 16.7 Å². The van der Waals surface area contributed by atoms with Gasteiger partial charge in [-0.1, -0.05) is 53.7 Å². The number of pyridine rings is 1. The molecular weight excluding hydrogens is 266 g/mol. The van der Waals surface area contributed by atoms with E-state index in [1.807, 2.05) is 11.6 Å². The minimum Gasteiger partial charge on any atom is -0.201 e. The Kier molecular flexibility index (Phi) is 3.84. The van der Waals surface area contributed by atoms with Crippen molar-refractivity contribution >= 4 is 0 Å². The van der Waals surface area contributed by atoms with Crippen LogP contribution >= 0.6 is 0 Å². The zero-order chi connectivity index (χ0) is 17.6. The highest BCUT2D eigenvalue weighted by atomic mass is 14.9. The number of rotatable bonds is 1. The van der Waals surface area contributed by atoms with Crippen LogP contribution in [0.25, 0.3) is 11.3 Å². The molecule has 0 amide bonds. The van der Waals surface area contributed by atoms with Gasteiger partial charge in [-0.15, -0.1) is 0 Å². The van der Waals surface area contributed by atoms with Gasteiger partial charge in [0.2, 0.25) is 5.69 Å². The molecule has 0 aliphatic rings. The molecule has 1 aromatic heterocycles. The molecule has 0 saturated heterocycles. The number of hydrogen-bond acceptors (Lipinski definition) is 0. The molecule has 1 aromatic carbocycles. The lowest BCUT2D eigenvalue weighted by Gasteiger charge is -2.21. The highest BCUT2D eigenvalue weighted by Crippen LogP contribution is 2.29. The number of benzene rings is 1. The molecular formula is C21H30N+. The second kappa shape index (κ2) is 5.53. The third-order valence-electron chi connectivity index (χ3n) is 4.24. The van der Waals surface area contributed by atoms with E-state index in [2.05, 4.69) is 78.8 Å². The summed E-state index contributed by atoms with van der Waals surface area (Å²) in [5, 5.41) is 0. The summed E-state index contributed by atoms with van der Waals surface area (Å²) in [4.78, 5) is 0. The zero-order valence-electron chi connectivity index (χ0n) is 16.3. The van der Waals surface area contributed by atoms with Crippen LogP contribution < -0.4 is 4.57 Å². The van der Waals surface area contributed by atoms with Gasteiger partial charge in [0.25, 0.3) is 0 Å². The highest BCUT2D eigenvalue weighted by molar-refractivity contribution is 5.62. The summed E-state index contributed by atoms with van der Waals surface area (Å²) in [5.41, 5.74) is 6.07. The largest absolute Gasteiger partial charge is 0.212 e. The Bertz CT molecular complexity index is 731. The summed E-state index contributed by atoms with van der Waals surface area (Å²) in [7, 11) is 2.00. The van der Waals surface area contributed by atoms with Crippen molar-refractivity contribution in [3.8, 4) is 11.3 Å². The van der Waals surface area contributed by atoms with Crippen molar-refractivity contribution in [2.75, 3.05) is 0 Å². The van der Waals surface area contributed by atoms with Crippen LogP contribution in [-0.4, -0.2) is 0 Å². The quantitative estimate of drug-likeness (QED) is 0.646. The number of hydrogen-bond donors (Lipinski definition) is 0. The smallest absolute Gasteiger partial charge is 0.201 e. The van der Waals surface area contributed by atoms with Gasteiger partial charge in [-0.2, -0.15) is 0 Å². The minimum absolute atomic E-state index is 0.0182. The zero-order valence-corrected chi connectivity index (χ0v) is 15.3. The number of aromatic nitrogens is 1. The van der Waals surface area contributed by atoms with Gasteiger partial charge in [0.1, 0.15) is 8.42 Å². The second-order valence-corrected chi connectivity index (χ2v) is 8.33. The van der Waals surface area contributed by atoms with Crippen molar-refractivity contribution in [3.05, 3.63) is 53.2 Å². The van der Waals surface area contributed by atoms with E-state index >= 15 is 0 Å². The summed E-state index contributed by atoms with van der Waals surface area (Å²) < 4.78 is 10.6. The van der Waals surface area contributed by atoms with Gasteiger partial charge in [-0.25, -0.2) is 4.57 Å². The molecule has 0 N–H and O–H groups in total. The van der Waals surface area contributed by atoms with Gasteiger partial charge in [-0.05, 0) is 41.0 Å². The minimum atomic E-state index is -0.0182. The van der Waals surface area contributed by atoms with Crippen LogP contribution in [0.2, 0.25) is 0 Å². The average Bonchev–Trinajstić information content (AvgIpc) is 2.40. The van der Waals surface area contributed by atoms with Gasteiger partial charge in [0.05, 0.1) is 0 Å². The van der Waals surface area contributed by atoms with Crippen LogP contribution in [-0.2, 0) is 17.9 Å². The van der Waals surface area contributed by atoms with Gasteiger partial charge in [-0.3, -0.25) is 0 Å². The predicted octanol–water partition coefficient (Wildman–Crippen LogP) is 5.08. The fourth-order valence-corrected chi connectivity index (χ4v) is 2.60. The first-order valence-corrected chi connectivity index (χ1v) is 8.04. The molecule has 0 saturated carbocycles. The van der Waals surface area contributed by atoms with Crippen molar-refractivity contribution in [1.82, 2.24) is 0 Å². The SMILES string of the molecule is [2H]c1c(C(C)(C)C)ccc(-c2cc(C(C)(C)C)ccc2C)[n+]1C. The third kappa shape index (κ3) is 3.40. The summed E-state index contributed by atoms with van der Waals surface area (Å²) in [6, 6.07) is 11.0. The van der Waals surface area contributed by atoms with Gasteiger partial charge < -0.3 is 0 Å². The first kappa shape index (κ1) is 15.3. The third-order valence-corrected chi connectivity index (χ3v) is 4.24. The van der Waals surface area contributed by atoms with E-state index in [-0.39, 0.29) is 10.8 Å². The van der Waals surface area contributed by atoms with Crippen LogP contribution in [0.4, 0.5) is 0 Å². The Morgan fingerprint density at radius 1 is 0.864 bits per heavy atom. The fourth-order valence-electron chi connectivity index (χ4n) is 2.60. The average molecular weight is 297 g/mol. The Balaban J connectivity index is 2.67. The molecule has 0 aliphatic carbocycles. The van der Waals surface area contributed by atoms with Crippen LogP contribution in [0.15, 0.2) is 36.5 Å². The standard InChI is InChI=1S/C21H30N/c1-15-9-10-16(20(2,3)4)13-18(15)19-12-11-17(14-22(19)8)21(5,6)7/h9-14H,1-8H3/q+1/i14D. The molecule has 2 rings (SSSR count). The Hall–Kier alpha value is -1.63. The van der Waals surface area contributed by atoms with Crippen molar-refractivity contribution in [2.45, 2.75) is 59.3 Å². The molecule has 0 fully saturated rings. The summed E-state index contributed by atoms with van der Waals surface area (Å²) in [6.45, 7) is 15.3. The molecule has 0 atom stereocenters. The second-order valence-electron chi connectivity index (χ2n) is 8.33. The topological polar surface area (TPSA) is 3.88 Å². The molecule has 118 valence electrons. The van der Waals surface area contributed by atoms with E-state index < -0.39 is 0 Å². The highest BCUT2D eigenvalue weighted by Gasteiger charge is 2.21. The van der Waals surface area contributed by atoms with Crippen LogP contribution in [0.5, 0.6) is 0 Å². The maximum absolute atomic E-state index is 8.55. The molecule has 0 aliphatic heterocycles. The van der Waals surface area contributed by atoms with Crippen LogP contribution in [0, 0.1) is 6.92 Å². The summed E-state index contributed by atoms with van der Waals surface area (Å²) in [5.74, 6) is 0. The van der Waals surface area contributed by atoms with E-state index in [1.54, 1.807) is 0 Å². The van der Waals surface area contributed by atoms with Crippen LogP contribution in [0.1, 0.15) is 59.6 Å². The van der Waals surface area contributed by atoms with Gasteiger partial charge in [0.15, 0.2) is 6.17 Å². The number of aryl methyl sites for hydroxylation is 1. The van der Waals surface area contributed by atoms with Crippen molar-refractivity contribution in [3.63, 3.8) is 0 Å². The molecule has 2 aromatic rings. The lowest BCUT2D eigenvalue weighted by Crippen LogP contribution is -2.33. The lowest BCUT2D eigenvalue weighted by atomic mass is 9.84. The fraction of sp³-hybridized carbons (Fsp3) is 0.476. The van der Waals surface area contributed by atoms with Gasteiger partial charge >= 0.3 is 0 Å². The normalized spacial score (nSPS) is 13.2. The number of nitrogens with zero attached hydrogens (tertiary/aromatic N) is 1. The molecule has 22 heavy (non-hydrogen) atoms. The molecule has 0 radical (unpaired) electrons. The summed E-state index contributed by atoms with van der Waals surface area (Å²) in [6.07, 6.45) is 0.593. The molecule has 0 bridgehead atoms. The Morgan fingerprint density at radius 2 is 1.41 bits per heavy atom. The van der Waals surface area contributed by atoms with E-state index in [9.17, 15) is 0 Å². The van der Waals surface area contributed by atoms with Crippen LogP contribution in [0.3, 0.4) is 0 Å². The molecule has 0 spiro atoms. The Labute approximate surface area is 137 Å². The maximum atomic E-state index is 8.55. The Morgan fingerprint density at radius 3 is 1.95 bits per heavy atom. The van der Waals surface area contributed by atoms with Crippen molar-refractivity contribution < 1.29 is 5.94 Å². The van der Waals surface area contributed by atoms with E-state index in [0.717, 1.165) is 11.3 Å². The van der Waals surface area contributed by atoms with Crippen molar-refractivity contribution in [1.29, 1.82) is 0 Å². The first-order chi connectivity index (χ1) is 10.4. The van der Waals surface area contributed by atoms with Gasteiger partial charge in [0, 0.05) is 17.2 Å². The first-order valence-electron chi connectivity index (χ1n) is 8.54. The summed E-state index contributed by atoms with van der Waals surface area (Å²) >= 11 is 0. The van der Waals surface area contributed by atoms with E-state index in [4.69, 9.17) is 1.37 Å². The molecule has 0 unspecified atom stereocenters. The predicted molar refractivity (Wildman–Crippen MR) is 95.2 cm³/mol. The van der Waals surface area contributed by atoms with Crippen molar-refractivity contribution in [2.24, 2.45) is 7.05 Å². The molecule has 1 nitrogen and oxygen atoms in total. The lowest BCUT2D eigenvalue weighted by molar-refractivity contribution is -0.661. The molecule has 1 heterocycles. The monoisotopic (exact) mass is 297 g/mol. The molecule has 1 heteroatoms. The van der Waals surface area contributed by atoms with E-state index in [0.29, 0.717) is 6.17 Å².